The van der Waals surface area contributed by atoms with E-state index in [0.717, 1.165) is 27.0 Å². The predicted molar refractivity (Wildman–Crippen MR) is 77.2 cm³/mol. The molecule has 0 unspecified atom stereocenters. The smallest absolute Gasteiger partial charge is 0.0927 e. The minimum Gasteiger partial charge on any atom is -0.277 e. The molecule has 3 rings (SSSR count). The Morgan fingerprint density at radius 1 is 0.833 bits per heavy atom. The van der Waals surface area contributed by atoms with Crippen LogP contribution in [0.4, 0.5) is 0 Å². The quantitative estimate of drug-likeness (QED) is 0.741. The van der Waals surface area contributed by atoms with Crippen molar-refractivity contribution in [1.29, 1.82) is 0 Å². The number of rotatable bonds is 2. The second-order valence-electron chi connectivity index (χ2n) is 4.04. The average Bonchev–Trinajstić information content (AvgIpc) is 2.90. The summed E-state index contributed by atoms with van der Waals surface area (Å²) in [7, 11) is 0. The molecule has 0 aliphatic carbocycles. The van der Waals surface area contributed by atoms with Crippen LogP contribution in [0.1, 0.15) is 0 Å². The van der Waals surface area contributed by atoms with Gasteiger partial charge in [-0.2, -0.15) is 5.10 Å². The lowest BCUT2D eigenvalue weighted by Crippen LogP contribution is -1.76. The zero-order valence-electron chi connectivity index (χ0n) is 9.60. The number of hydrogen-bond acceptors (Lipinski definition) is 1. The van der Waals surface area contributed by atoms with E-state index in [1.54, 1.807) is 0 Å². The maximum Gasteiger partial charge on any atom is 0.0927 e. The van der Waals surface area contributed by atoms with Crippen molar-refractivity contribution in [3.63, 3.8) is 0 Å². The maximum atomic E-state index is 4.35. The van der Waals surface area contributed by atoms with Gasteiger partial charge in [0.25, 0.3) is 0 Å². The highest BCUT2D eigenvalue weighted by Gasteiger charge is 2.04. The van der Waals surface area contributed by atoms with Crippen LogP contribution >= 0.6 is 15.9 Å². The van der Waals surface area contributed by atoms with E-state index in [1.165, 1.54) is 0 Å². The normalized spacial score (nSPS) is 10.5. The van der Waals surface area contributed by atoms with E-state index < -0.39 is 0 Å². The minimum absolute atomic E-state index is 0.966. The zero-order chi connectivity index (χ0) is 12.4. The number of aromatic nitrogens is 2. The number of aromatic amines is 1. The SMILES string of the molecule is Brc1ccc(-c2cc(-c3ccccc3)n[nH]2)cc1. The number of benzene rings is 2. The molecule has 88 valence electrons. The van der Waals surface area contributed by atoms with Gasteiger partial charge in [-0.1, -0.05) is 58.4 Å². The van der Waals surface area contributed by atoms with Crippen molar-refractivity contribution in [2.75, 3.05) is 0 Å². The molecule has 1 N–H and O–H groups in total. The average molecular weight is 299 g/mol. The van der Waals surface area contributed by atoms with E-state index in [2.05, 4.69) is 56.5 Å². The molecule has 2 aromatic carbocycles. The Morgan fingerprint density at radius 3 is 2.28 bits per heavy atom. The summed E-state index contributed by atoms with van der Waals surface area (Å²) in [5.74, 6) is 0. The van der Waals surface area contributed by atoms with Crippen LogP contribution in [0.15, 0.2) is 65.1 Å². The summed E-state index contributed by atoms with van der Waals surface area (Å²) in [4.78, 5) is 0. The van der Waals surface area contributed by atoms with Gasteiger partial charge in [0.2, 0.25) is 0 Å². The van der Waals surface area contributed by atoms with Crippen LogP contribution in [0.2, 0.25) is 0 Å². The van der Waals surface area contributed by atoms with Crippen molar-refractivity contribution >= 4 is 15.9 Å². The second-order valence-corrected chi connectivity index (χ2v) is 4.96. The second kappa shape index (κ2) is 4.78. The molecule has 0 atom stereocenters. The van der Waals surface area contributed by atoms with Crippen molar-refractivity contribution in [2.45, 2.75) is 0 Å². The van der Waals surface area contributed by atoms with E-state index in [1.807, 2.05) is 30.3 Å². The van der Waals surface area contributed by atoms with Crippen LogP contribution in [0.5, 0.6) is 0 Å². The molecule has 0 saturated heterocycles. The number of nitrogens with one attached hydrogen (secondary N) is 1. The van der Waals surface area contributed by atoms with E-state index in [0.29, 0.717) is 0 Å². The topological polar surface area (TPSA) is 28.7 Å². The third-order valence-electron chi connectivity index (χ3n) is 2.80. The molecular weight excluding hydrogens is 288 g/mol. The van der Waals surface area contributed by atoms with Gasteiger partial charge >= 0.3 is 0 Å². The molecule has 0 aliphatic rings. The van der Waals surface area contributed by atoms with Gasteiger partial charge in [-0.3, -0.25) is 5.10 Å². The molecule has 0 saturated carbocycles. The lowest BCUT2D eigenvalue weighted by molar-refractivity contribution is 1.10. The molecule has 0 radical (unpaired) electrons. The first-order valence-electron chi connectivity index (χ1n) is 5.70. The van der Waals surface area contributed by atoms with Gasteiger partial charge in [-0.05, 0) is 23.8 Å². The van der Waals surface area contributed by atoms with Crippen molar-refractivity contribution in [2.24, 2.45) is 0 Å². The van der Waals surface area contributed by atoms with Crippen molar-refractivity contribution in [1.82, 2.24) is 10.2 Å². The third-order valence-corrected chi connectivity index (χ3v) is 3.33. The van der Waals surface area contributed by atoms with Gasteiger partial charge in [-0.15, -0.1) is 0 Å². The Morgan fingerprint density at radius 2 is 1.56 bits per heavy atom. The molecule has 0 fully saturated rings. The van der Waals surface area contributed by atoms with Crippen molar-refractivity contribution in [3.05, 3.63) is 65.1 Å². The molecule has 0 bridgehead atoms. The van der Waals surface area contributed by atoms with Crippen molar-refractivity contribution in [3.8, 4) is 22.5 Å². The molecule has 2 nitrogen and oxygen atoms in total. The summed E-state index contributed by atoms with van der Waals surface area (Å²) in [6.45, 7) is 0. The highest BCUT2D eigenvalue weighted by atomic mass is 79.9. The van der Waals surface area contributed by atoms with E-state index in [-0.39, 0.29) is 0 Å². The summed E-state index contributed by atoms with van der Waals surface area (Å²) in [5, 5.41) is 7.42. The van der Waals surface area contributed by atoms with Crippen LogP contribution < -0.4 is 0 Å². The van der Waals surface area contributed by atoms with Crippen LogP contribution in [0.3, 0.4) is 0 Å². The molecular formula is C15H11BrN2. The van der Waals surface area contributed by atoms with Gasteiger partial charge in [0.1, 0.15) is 0 Å². The third kappa shape index (κ3) is 2.22. The van der Waals surface area contributed by atoms with Crippen molar-refractivity contribution < 1.29 is 0 Å². The number of H-pyrrole nitrogens is 1. The standard InChI is InChI=1S/C15H11BrN2/c16-13-8-6-12(7-9-13)15-10-14(17-18-15)11-4-2-1-3-5-11/h1-10H,(H,17,18). The van der Waals surface area contributed by atoms with E-state index >= 15 is 0 Å². The van der Waals surface area contributed by atoms with Gasteiger partial charge in [0.05, 0.1) is 11.4 Å². The molecule has 3 heteroatoms. The fraction of sp³-hybridized carbons (Fsp3) is 0. The maximum absolute atomic E-state index is 4.35. The van der Waals surface area contributed by atoms with E-state index in [4.69, 9.17) is 0 Å². The Bertz CT molecular complexity index is 642. The Hall–Kier alpha value is -1.87. The molecule has 3 aromatic rings. The summed E-state index contributed by atoms with van der Waals surface area (Å²) < 4.78 is 1.08. The zero-order valence-corrected chi connectivity index (χ0v) is 11.2. The first-order chi connectivity index (χ1) is 8.83. The predicted octanol–water partition coefficient (Wildman–Crippen LogP) is 4.51. The molecule has 0 amide bonds. The van der Waals surface area contributed by atoms with Gasteiger partial charge in [-0.25, -0.2) is 0 Å². The fourth-order valence-corrected chi connectivity index (χ4v) is 2.12. The Balaban J connectivity index is 1.97. The van der Waals surface area contributed by atoms with Crippen LogP contribution in [-0.4, -0.2) is 10.2 Å². The van der Waals surface area contributed by atoms with Crippen LogP contribution in [0, 0.1) is 0 Å². The Labute approximate surface area is 114 Å². The highest BCUT2D eigenvalue weighted by molar-refractivity contribution is 9.10. The minimum atomic E-state index is 0.966. The summed E-state index contributed by atoms with van der Waals surface area (Å²) in [5.41, 5.74) is 4.25. The van der Waals surface area contributed by atoms with Gasteiger partial charge < -0.3 is 0 Å². The first kappa shape index (κ1) is 11.2. The number of nitrogens with zero attached hydrogens (tertiary/aromatic N) is 1. The number of halogens is 1. The summed E-state index contributed by atoms with van der Waals surface area (Å²) in [6, 6.07) is 20.4. The molecule has 18 heavy (non-hydrogen) atoms. The molecule has 1 aromatic heterocycles. The molecule has 0 aliphatic heterocycles. The summed E-state index contributed by atoms with van der Waals surface area (Å²) >= 11 is 3.43. The largest absolute Gasteiger partial charge is 0.277 e. The Kier molecular flexibility index (Phi) is 2.99. The highest BCUT2D eigenvalue weighted by Crippen LogP contribution is 2.24. The monoisotopic (exact) mass is 298 g/mol. The number of hydrogen-bond donors (Lipinski definition) is 1. The van der Waals surface area contributed by atoms with Crippen LogP contribution in [-0.2, 0) is 0 Å². The summed E-state index contributed by atoms with van der Waals surface area (Å²) in [6.07, 6.45) is 0. The molecule has 0 spiro atoms. The lowest BCUT2D eigenvalue weighted by Gasteiger charge is -1.96. The first-order valence-corrected chi connectivity index (χ1v) is 6.49. The molecule has 1 heterocycles. The van der Waals surface area contributed by atoms with Gasteiger partial charge in [0.15, 0.2) is 0 Å². The fourth-order valence-electron chi connectivity index (χ4n) is 1.86. The van der Waals surface area contributed by atoms with Crippen LogP contribution in [0.25, 0.3) is 22.5 Å². The van der Waals surface area contributed by atoms with Gasteiger partial charge in [0, 0.05) is 10.0 Å². The lowest BCUT2D eigenvalue weighted by atomic mass is 10.1. The van der Waals surface area contributed by atoms with E-state index in [9.17, 15) is 0 Å².